The second-order valence-electron chi connectivity index (χ2n) is 12.4. The van der Waals surface area contributed by atoms with E-state index in [2.05, 4.69) is 55.6 Å². The molecule has 0 radical (unpaired) electrons. The minimum absolute atomic E-state index is 0.0727. The fraction of sp³-hybridized carbons (Fsp3) is 0.457. The number of benzene rings is 3. The third-order valence-electron chi connectivity index (χ3n) is 8.12. The Balaban J connectivity index is 1.30. The molecular formula is C35H45NO5. The molecule has 0 saturated carbocycles. The lowest BCUT2D eigenvalue weighted by Gasteiger charge is -2.45. The Kier molecular flexibility index (Phi) is 9.77. The number of esters is 1. The molecule has 1 fully saturated rings. The molecule has 0 aliphatic carbocycles. The van der Waals surface area contributed by atoms with Gasteiger partial charge < -0.3 is 24.3 Å². The fourth-order valence-electron chi connectivity index (χ4n) is 5.93. The number of hydrogen-bond acceptors (Lipinski definition) is 6. The maximum absolute atomic E-state index is 12.0. The summed E-state index contributed by atoms with van der Waals surface area (Å²) in [5, 5.41) is 3.66. The van der Waals surface area contributed by atoms with Crippen molar-refractivity contribution in [2.75, 3.05) is 27.4 Å². The summed E-state index contributed by atoms with van der Waals surface area (Å²) in [7, 11) is 3.13. The summed E-state index contributed by atoms with van der Waals surface area (Å²) in [6.07, 6.45) is 3.65. The summed E-state index contributed by atoms with van der Waals surface area (Å²) >= 11 is 0. The van der Waals surface area contributed by atoms with E-state index in [4.69, 9.17) is 18.9 Å². The summed E-state index contributed by atoms with van der Waals surface area (Å²) in [5.74, 6) is 2.23. The van der Waals surface area contributed by atoms with Gasteiger partial charge in [-0.3, -0.25) is 4.79 Å². The summed E-state index contributed by atoms with van der Waals surface area (Å²) in [5.41, 5.74) is 2.99. The molecule has 1 atom stereocenters. The Morgan fingerprint density at radius 1 is 0.878 bits per heavy atom. The van der Waals surface area contributed by atoms with Gasteiger partial charge in [0.25, 0.3) is 0 Å². The van der Waals surface area contributed by atoms with E-state index in [9.17, 15) is 4.79 Å². The lowest BCUT2D eigenvalue weighted by atomic mass is 9.67. The van der Waals surface area contributed by atoms with Gasteiger partial charge in [-0.15, -0.1) is 0 Å². The van der Waals surface area contributed by atoms with Crippen molar-refractivity contribution < 1.29 is 23.7 Å². The van der Waals surface area contributed by atoms with E-state index < -0.39 is 5.41 Å². The molecule has 0 bridgehead atoms. The van der Waals surface area contributed by atoms with Gasteiger partial charge in [-0.05, 0) is 113 Å². The highest BCUT2D eigenvalue weighted by molar-refractivity contribution is 5.76. The summed E-state index contributed by atoms with van der Waals surface area (Å²) < 4.78 is 22.4. The smallest absolute Gasteiger partial charge is 0.311 e. The summed E-state index contributed by atoms with van der Waals surface area (Å²) in [4.78, 5) is 12.0. The highest BCUT2D eigenvalue weighted by atomic mass is 16.5. The zero-order valence-electron chi connectivity index (χ0n) is 25.4. The van der Waals surface area contributed by atoms with Crippen molar-refractivity contribution in [2.24, 2.45) is 5.41 Å². The van der Waals surface area contributed by atoms with E-state index in [0.29, 0.717) is 6.42 Å². The van der Waals surface area contributed by atoms with E-state index in [1.54, 1.807) is 7.11 Å². The van der Waals surface area contributed by atoms with E-state index in [1.807, 2.05) is 50.2 Å². The maximum Gasteiger partial charge on any atom is 0.311 e. The average molecular weight is 560 g/mol. The van der Waals surface area contributed by atoms with Crippen LogP contribution < -0.4 is 14.8 Å². The predicted molar refractivity (Wildman–Crippen MR) is 163 cm³/mol. The van der Waals surface area contributed by atoms with Crippen molar-refractivity contribution in [3.8, 4) is 17.2 Å². The highest BCUT2D eigenvalue weighted by Crippen LogP contribution is 2.44. The van der Waals surface area contributed by atoms with E-state index in [0.717, 1.165) is 61.8 Å². The number of carbonyl (C=O) groups excluding carboxylic acids is 1. The van der Waals surface area contributed by atoms with Crippen molar-refractivity contribution in [1.29, 1.82) is 0 Å². The molecule has 1 saturated heterocycles. The molecule has 1 unspecified atom stereocenters. The van der Waals surface area contributed by atoms with Crippen LogP contribution in [0.1, 0.15) is 63.6 Å². The quantitative estimate of drug-likeness (QED) is 0.186. The van der Waals surface area contributed by atoms with Gasteiger partial charge in [0, 0.05) is 18.6 Å². The normalized spacial score (nSPS) is 18.5. The van der Waals surface area contributed by atoms with Crippen LogP contribution in [-0.2, 0) is 32.6 Å². The van der Waals surface area contributed by atoms with Crippen LogP contribution in [-0.4, -0.2) is 38.9 Å². The highest BCUT2D eigenvalue weighted by Gasteiger charge is 2.41. The number of nitrogens with one attached hydrogen (secondary N) is 1. The molecule has 1 N–H and O–H groups in total. The van der Waals surface area contributed by atoms with Gasteiger partial charge >= 0.3 is 5.97 Å². The van der Waals surface area contributed by atoms with E-state index in [1.165, 1.54) is 18.2 Å². The first-order chi connectivity index (χ1) is 19.5. The minimum atomic E-state index is -0.571. The SMILES string of the molecule is COC(=O)C(C)(C)Cc1ccc(Oc2ccc(CNCCC3(c4ccc(OC)cc4)CCOC(C)(C)C3)cc2)cc1. The van der Waals surface area contributed by atoms with Crippen molar-refractivity contribution >= 4 is 5.97 Å². The third-order valence-corrected chi connectivity index (χ3v) is 8.12. The molecule has 0 amide bonds. The van der Waals surface area contributed by atoms with Crippen molar-refractivity contribution in [2.45, 2.75) is 70.9 Å². The molecule has 4 rings (SSSR count). The molecule has 6 nitrogen and oxygen atoms in total. The van der Waals surface area contributed by atoms with Gasteiger partial charge in [0.05, 0.1) is 25.2 Å². The third kappa shape index (κ3) is 8.11. The van der Waals surface area contributed by atoms with Gasteiger partial charge in [0.1, 0.15) is 17.2 Å². The summed E-state index contributed by atoms with van der Waals surface area (Å²) in [6.45, 7) is 10.7. The van der Waals surface area contributed by atoms with Gasteiger partial charge in [-0.2, -0.15) is 0 Å². The van der Waals surface area contributed by atoms with Crippen LogP contribution in [0.2, 0.25) is 0 Å². The summed E-state index contributed by atoms with van der Waals surface area (Å²) in [6, 6.07) is 24.7. The Morgan fingerprint density at radius 2 is 1.46 bits per heavy atom. The largest absolute Gasteiger partial charge is 0.497 e. The molecule has 1 aliphatic rings. The Bertz CT molecular complexity index is 1270. The maximum atomic E-state index is 12.0. The molecule has 41 heavy (non-hydrogen) atoms. The number of ether oxygens (including phenoxy) is 4. The molecular weight excluding hydrogens is 514 g/mol. The van der Waals surface area contributed by atoms with Crippen LogP contribution in [0.25, 0.3) is 0 Å². The number of hydrogen-bond donors (Lipinski definition) is 1. The lowest BCUT2D eigenvalue weighted by molar-refractivity contribution is -0.150. The molecule has 220 valence electrons. The molecule has 1 heterocycles. The Hall–Kier alpha value is -3.35. The standard InChI is InChI=1S/C35H45NO5/c1-33(2,32(37)39-6)23-26-7-13-30(14-8-26)41-31-15-9-27(10-16-31)24-36-21-19-35(20-22-40-34(3,4)25-35)28-11-17-29(38-5)18-12-28/h7-18,36H,19-25H2,1-6H3. The first-order valence-electron chi connectivity index (χ1n) is 14.5. The van der Waals surface area contributed by atoms with Crippen molar-refractivity contribution in [3.63, 3.8) is 0 Å². The van der Waals surface area contributed by atoms with Gasteiger partial charge in [-0.1, -0.05) is 36.4 Å². The van der Waals surface area contributed by atoms with Gasteiger partial charge in [0.2, 0.25) is 0 Å². The molecule has 0 aromatic heterocycles. The molecule has 6 heteroatoms. The zero-order chi connectivity index (χ0) is 29.5. The average Bonchev–Trinajstić information content (AvgIpc) is 2.96. The van der Waals surface area contributed by atoms with Crippen LogP contribution in [0.4, 0.5) is 0 Å². The van der Waals surface area contributed by atoms with Gasteiger partial charge in [-0.25, -0.2) is 0 Å². The second-order valence-corrected chi connectivity index (χ2v) is 12.4. The monoisotopic (exact) mass is 559 g/mol. The topological polar surface area (TPSA) is 66.0 Å². The van der Waals surface area contributed by atoms with E-state index >= 15 is 0 Å². The van der Waals surface area contributed by atoms with Crippen LogP contribution in [0.3, 0.4) is 0 Å². The Labute approximate surface area is 245 Å². The second kappa shape index (κ2) is 13.1. The molecule has 0 spiro atoms. The Morgan fingerprint density at radius 3 is 2.02 bits per heavy atom. The molecule has 3 aromatic carbocycles. The van der Waals surface area contributed by atoms with E-state index in [-0.39, 0.29) is 17.0 Å². The number of rotatable bonds is 12. The number of methoxy groups -OCH3 is 2. The first-order valence-corrected chi connectivity index (χ1v) is 14.5. The predicted octanol–water partition coefficient (Wildman–Crippen LogP) is 7.24. The van der Waals surface area contributed by atoms with Crippen LogP contribution >= 0.6 is 0 Å². The van der Waals surface area contributed by atoms with Crippen LogP contribution in [0, 0.1) is 5.41 Å². The van der Waals surface area contributed by atoms with Crippen LogP contribution in [0.5, 0.6) is 17.2 Å². The van der Waals surface area contributed by atoms with Gasteiger partial charge in [0.15, 0.2) is 0 Å². The zero-order valence-corrected chi connectivity index (χ0v) is 25.4. The molecule has 3 aromatic rings. The van der Waals surface area contributed by atoms with Crippen molar-refractivity contribution in [3.05, 3.63) is 89.5 Å². The van der Waals surface area contributed by atoms with Crippen molar-refractivity contribution in [1.82, 2.24) is 5.32 Å². The minimum Gasteiger partial charge on any atom is -0.497 e. The van der Waals surface area contributed by atoms with Crippen LogP contribution in [0.15, 0.2) is 72.8 Å². The first kappa shape index (κ1) is 30.6. The molecule has 1 aliphatic heterocycles. The number of carbonyl (C=O) groups is 1. The fourth-order valence-corrected chi connectivity index (χ4v) is 5.93. The lowest BCUT2D eigenvalue weighted by Crippen LogP contribution is -2.45.